The lowest BCUT2D eigenvalue weighted by atomic mass is 10.1. The molecule has 0 fully saturated rings. The minimum Gasteiger partial charge on any atom is -0.323 e. The van der Waals surface area contributed by atoms with E-state index >= 15 is 0 Å². The van der Waals surface area contributed by atoms with E-state index in [1.165, 1.54) is 28.9 Å². The van der Waals surface area contributed by atoms with Crippen molar-refractivity contribution in [2.24, 2.45) is 0 Å². The van der Waals surface area contributed by atoms with Crippen LogP contribution in [0.5, 0.6) is 0 Å². The zero-order valence-electron chi connectivity index (χ0n) is 11.7. The molecular formula is C15H14N4S2. The Hall–Kier alpha value is -1.79. The molecule has 6 heteroatoms. The van der Waals surface area contributed by atoms with Gasteiger partial charge in [0.1, 0.15) is 0 Å². The van der Waals surface area contributed by atoms with Gasteiger partial charge in [0.15, 0.2) is 10.3 Å². The number of nitrogens with one attached hydrogen (secondary N) is 1. The van der Waals surface area contributed by atoms with Crippen LogP contribution in [0.3, 0.4) is 0 Å². The Bertz CT molecular complexity index is 749. The normalized spacial score (nSPS) is 10.8. The summed E-state index contributed by atoms with van der Waals surface area (Å²) in [7, 11) is 0. The second-order valence-corrected chi connectivity index (χ2v) is 5.83. The quantitative estimate of drug-likeness (QED) is 0.728. The van der Waals surface area contributed by atoms with Gasteiger partial charge in [-0.2, -0.15) is 15.0 Å². The summed E-state index contributed by atoms with van der Waals surface area (Å²) in [6.45, 7) is 0. The molecule has 1 heterocycles. The predicted molar refractivity (Wildman–Crippen MR) is 90.6 cm³/mol. The van der Waals surface area contributed by atoms with E-state index < -0.39 is 0 Å². The fraction of sp³-hybridized carbons (Fsp3) is 0.133. The van der Waals surface area contributed by atoms with Crippen LogP contribution in [0.15, 0.2) is 52.8 Å². The lowest BCUT2D eigenvalue weighted by molar-refractivity contribution is 0.813. The highest BCUT2D eigenvalue weighted by Crippen LogP contribution is 2.26. The van der Waals surface area contributed by atoms with Crippen molar-refractivity contribution in [1.29, 1.82) is 0 Å². The van der Waals surface area contributed by atoms with E-state index in [4.69, 9.17) is 0 Å². The smallest absolute Gasteiger partial charge is 0.232 e. The van der Waals surface area contributed by atoms with Gasteiger partial charge in [-0.15, -0.1) is 0 Å². The van der Waals surface area contributed by atoms with E-state index in [-0.39, 0.29) is 0 Å². The summed E-state index contributed by atoms with van der Waals surface area (Å²) in [4.78, 5) is 13.2. The van der Waals surface area contributed by atoms with Gasteiger partial charge in [-0.25, -0.2) is 0 Å². The van der Waals surface area contributed by atoms with Gasteiger partial charge >= 0.3 is 0 Å². The minimum atomic E-state index is 0.579. The lowest BCUT2D eigenvalue weighted by Gasteiger charge is -2.09. The molecule has 1 aromatic heterocycles. The molecule has 0 unspecified atom stereocenters. The summed E-state index contributed by atoms with van der Waals surface area (Å²) in [5.41, 5.74) is 0.999. The highest BCUT2D eigenvalue weighted by Gasteiger charge is 2.07. The fourth-order valence-electron chi connectivity index (χ4n) is 2.03. The van der Waals surface area contributed by atoms with Crippen LogP contribution in [0, 0.1) is 0 Å². The largest absolute Gasteiger partial charge is 0.323 e. The highest BCUT2D eigenvalue weighted by molar-refractivity contribution is 7.99. The van der Waals surface area contributed by atoms with Crippen molar-refractivity contribution in [2.75, 3.05) is 17.8 Å². The van der Waals surface area contributed by atoms with Crippen molar-refractivity contribution < 1.29 is 0 Å². The summed E-state index contributed by atoms with van der Waals surface area (Å²) in [6.07, 6.45) is 3.92. The van der Waals surface area contributed by atoms with Gasteiger partial charge in [0.25, 0.3) is 0 Å². The maximum atomic E-state index is 4.42. The van der Waals surface area contributed by atoms with Crippen molar-refractivity contribution in [3.8, 4) is 0 Å². The predicted octanol–water partition coefficient (Wildman–Crippen LogP) is 4.21. The molecule has 0 aliphatic rings. The number of thioether (sulfide) groups is 2. The van der Waals surface area contributed by atoms with Crippen molar-refractivity contribution >= 4 is 45.9 Å². The van der Waals surface area contributed by atoms with Crippen LogP contribution in [0.25, 0.3) is 10.8 Å². The first-order valence-corrected chi connectivity index (χ1v) is 8.84. The number of rotatable bonds is 4. The number of aromatic nitrogens is 3. The van der Waals surface area contributed by atoms with Gasteiger partial charge in [-0.05, 0) is 24.0 Å². The van der Waals surface area contributed by atoms with Crippen LogP contribution in [0.2, 0.25) is 0 Å². The Kier molecular flexibility index (Phi) is 4.26. The van der Waals surface area contributed by atoms with Gasteiger partial charge in [-0.3, -0.25) is 0 Å². The van der Waals surface area contributed by atoms with E-state index in [0.29, 0.717) is 5.95 Å². The number of benzene rings is 2. The second kappa shape index (κ2) is 6.32. The Morgan fingerprint density at radius 3 is 2.19 bits per heavy atom. The molecule has 3 aromatic rings. The Balaban J connectivity index is 2.02. The molecule has 0 spiro atoms. The maximum Gasteiger partial charge on any atom is 0.232 e. The monoisotopic (exact) mass is 314 g/mol. The number of hydrogen-bond donors (Lipinski definition) is 1. The van der Waals surface area contributed by atoms with Crippen molar-refractivity contribution in [1.82, 2.24) is 15.0 Å². The molecule has 1 N–H and O–H groups in total. The third-order valence-electron chi connectivity index (χ3n) is 3.00. The zero-order valence-corrected chi connectivity index (χ0v) is 13.3. The first-order chi connectivity index (χ1) is 10.3. The van der Waals surface area contributed by atoms with E-state index in [1.54, 1.807) is 0 Å². The molecule has 21 heavy (non-hydrogen) atoms. The number of nitrogens with zero attached hydrogens (tertiary/aromatic N) is 3. The highest BCUT2D eigenvalue weighted by atomic mass is 32.2. The van der Waals surface area contributed by atoms with E-state index in [2.05, 4.69) is 38.5 Å². The molecule has 2 aromatic carbocycles. The van der Waals surface area contributed by atoms with Crippen LogP contribution in [-0.2, 0) is 0 Å². The molecule has 0 saturated heterocycles. The zero-order chi connectivity index (χ0) is 14.7. The molecule has 0 radical (unpaired) electrons. The van der Waals surface area contributed by atoms with Gasteiger partial charge in [-0.1, -0.05) is 59.9 Å². The van der Waals surface area contributed by atoms with Gasteiger partial charge in [0.05, 0.1) is 0 Å². The van der Waals surface area contributed by atoms with E-state index in [9.17, 15) is 0 Å². The van der Waals surface area contributed by atoms with Crippen LogP contribution in [0.1, 0.15) is 0 Å². The van der Waals surface area contributed by atoms with Crippen LogP contribution >= 0.6 is 23.5 Å². The van der Waals surface area contributed by atoms with E-state index in [1.807, 2.05) is 36.8 Å². The molecule has 4 nitrogen and oxygen atoms in total. The lowest BCUT2D eigenvalue weighted by Crippen LogP contribution is -2.02. The summed E-state index contributed by atoms with van der Waals surface area (Å²) in [5, 5.41) is 7.08. The third kappa shape index (κ3) is 3.11. The molecular weight excluding hydrogens is 300 g/mol. The standard InChI is InChI=1S/C15H14N4S2/c1-20-14-17-13(18-15(19-14)21-2)16-12-9-5-7-10-6-3-4-8-11(10)12/h3-9H,1-2H3,(H,16,17,18,19). The average molecular weight is 314 g/mol. The molecule has 3 rings (SSSR count). The summed E-state index contributed by atoms with van der Waals surface area (Å²) in [6, 6.07) is 14.4. The first kappa shape index (κ1) is 14.2. The Morgan fingerprint density at radius 1 is 0.810 bits per heavy atom. The summed E-state index contributed by atoms with van der Waals surface area (Å²) >= 11 is 3.02. The topological polar surface area (TPSA) is 50.7 Å². The minimum absolute atomic E-state index is 0.579. The second-order valence-electron chi connectivity index (χ2n) is 4.28. The van der Waals surface area contributed by atoms with Crippen molar-refractivity contribution in [3.05, 3.63) is 42.5 Å². The Labute approximate surface area is 131 Å². The van der Waals surface area contributed by atoms with Crippen LogP contribution < -0.4 is 5.32 Å². The van der Waals surface area contributed by atoms with E-state index in [0.717, 1.165) is 21.4 Å². The summed E-state index contributed by atoms with van der Waals surface area (Å²) in [5.74, 6) is 0.579. The SMILES string of the molecule is CSc1nc(Nc2cccc3ccccc23)nc(SC)n1. The average Bonchev–Trinajstić information content (AvgIpc) is 2.55. The molecule has 0 atom stereocenters. The van der Waals surface area contributed by atoms with Gasteiger partial charge < -0.3 is 5.32 Å². The first-order valence-electron chi connectivity index (χ1n) is 6.39. The number of anilines is 2. The van der Waals surface area contributed by atoms with Gasteiger partial charge in [0, 0.05) is 11.1 Å². The summed E-state index contributed by atoms with van der Waals surface area (Å²) < 4.78 is 0. The molecule has 0 aliphatic carbocycles. The Morgan fingerprint density at radius 2 is 1.48 bits per heavy atom. The van der Waals surface area contributed by atoms with Gasteiger partial charge in [0.2, 0.25) is 5.95 Å². The third-order valence-corrected chi connectivity index (χ3v) is 4.09. The molecule has 106 valence electrons. The van der Waals surface area contributed by atoms with Crippen LogP contribution in [-0.4, -0.2) is 27.5 Å². The van der Waals surface area contributed by atoms with Crippen LogP contribution in [0.4, 0.5) is 11.6 Å². The molecule has 0 bridgehead atoms. The molecule has 0 saturated carbocycles. The van der Waals surface area contributed by atoms with Crippen molar-refractivity contribution in [3.63, 3.8) is 0 Å². The fourth-order valence-corrected chi connectivity index (χ4v) is 2.80. The number of hydrogen-bond acceptors (Lipinski definition) is 6. The molecule has 0 aliphatic heterocycles. The maximum absolute atomic E-state index is 4.42. The van der Waals surface area contributed by atoms with Crippen molar-refractivity contribution in [2.45, 2.75) is 10.3 Å². The number of fused-ring (bicyclic) bond motifs is 1. The molecule has 0 amide bonds.